The van der Waals surface area contributed by atoms with Crippen LogP contribution in [0.4, 0.5) is 0 Å². The van der Waals surface area contributed by atoms with E-state index in [1.807, 2.05) is 11.6 Å². The summed E-state index contributed by atoms with van der Waals surface area (Å²) in [4.78, 5) is 13.4. The van der Waals surface area contributed by atoms with Crippen molar-refractivity contribution in [2.75, 3.05) is 20.2 Å². The van der Waals surface area contributed by atoms with Crippen molar-refractivity contribution in [3.05, 3.63) is 23.4 Å². The van der Waals surface area contributed by atoms with Crippen LogP contribution in [-0.2, 0) is 30.7 Å². The topological polar surface area (TPSA) is 115 Å². The van der Waals surface area contributed by atoms with Crippen LogP contribution in [0.2, 0.25) is 0 Å². The van der Waals surface area contributed by atoms with Crippen LogP contribution >= 0.6 is 0 Å². The highest BCUT2D eigenvalue weighted by Crippen LogP contribution is 2.13. The van der Waals surface area contributed by atoms with Gasteiger partial charge in [-0.05, 0) is 26.7 Å². The molecule has 3 rings (SSSR count). The van der Waals surface area contributed by atoms with Crippen molar-refractivity contribution >= 4 is 5.96 Å². The maximum Gasteiger partial charge on any atom is 0.226 e. The minimum Gasteiger partial charge on any atom is -0.377 e. The Morgan fingerprint density at radius 2 is 2.30 bits per heavy atom. The second kappa shape index (κ2) is 9.45. The Balaban J connectivity index is 1.50. The number of nitrogens with zero attached hydrogens (tertiary/aromatic N) is 6. The van der Waals surface area contributed by atoms with Crippen LogP contribution in [0, 0.1) is 6.92 Å². The van der Waals surface area contributed by atoms with Gasteiger partial charge in [-0.25, -0.2) is 9.67 Å². The van der Waals surface area contributed by atoms with E-state index in [2.05, 4.69) is 42.8 Å². The van der Waals surface area contributed by atoms with Gasteiger partial charge in [0.25, 0.3) is 0 Å². The number of ether oxygens (including phenoxy) is 1. The number of aromatic nitrogens is 5. The first kappa shape index (κ1) is 19.3. The molecule has 1 aliphatic rings. The molecule has 3 heterocycles. The van der Waals surface area contributed by atoms with E-state index in [0.29, 0.717) is 24.9 Å². The van der Waals surface area contributed by atoms with E-state index in [4.69, 9.17) is 9.26 Å². The lowest BCUT2D eigenvalue weighted by Gasteiger charge is -2.25. The highest BCUT2D eigenvalue weighted by molar-refractivity contribution is 5.80. The van der Waals surface area contributed by atoms with E-state index in [-0.39, 0.29) is 6.04 Å². The summed E-state index contributed by atoms with van der Waals surface area (Å²) in [7, 11) is 1.66. The van der Waals surface area contributed by atoms with E-state index in [1.54, 1.807) is 7.11 Å². The van der Waals surface area contributed by atoms with Crippen molar-refractivity contribution in [2.24, 2.45) is 4.99 Å². The average molecular weight is 376 g/mol. The molecule has 1 atom stereocenters. The van der Waals surface area contributed by atoms with E-state index in [0.717, 1.165) is 56.4 Å². The molecular weight excluding hydrogens is 348 g/mol. The minimum absolute atomic E-state index is 0.269. The number of rotatable bonds is 8. The summed E-state index contributed by atoms with van der Waals surface area (Å²) in [5, 5.41) is 15.1. The average Bonchev–Trinajstić information content (AvgIpc) is 3.24. The summed E-state index contributed by atoms with van der Waals surface area (Å²) in [5.74, 6) is 3.92. The van der Waals surface area contributed by atoms with Gasteiger partial charge in [0.1, 0.15) is 12.4 Å². The normalized spacial score (nSPS) is 17.0. The van der Waals surface area contributed by atoms with E-state index in [1.165, 1.54) is 0 Å². The zero-order valence-electron chi connectivity index (χ0n) is 16.2. The van der Waals surface area contributed by atoms with E-state index < -0.39 is 0 Å². The summed E-state index contributed by atoms with van der Waals surface area (Å²) < 4.78 is 12.2. The second-order valence-corrected chi connectivity index (χ2v) is 6.54. The first-order valence-corrected chi connectivity index (χ1v) is 9.43. The maximum atomic E-state index is 5.13. The monoisotopic (exact) mass is 376 g/mol. The fourth-order valence-electron chi connectivity index (χ4n) is 3.04. The van der Waals surface area contributed by atoms with Crippen molar-refractivity contribution < 1.29 is 9.26 Å². The third-order valence-corrected chi connectivity index (χ3v) is 4.25. The molecule has 0 fully saturated rings. The Hall–Kier alpha value is -2.49. The molecule has 10 heteroatoms. The quantitative estimate of drug-likeness (QED) is 0.391. The number of hydrogen-bond donors (Lipinski definition) is 2. The van der Waals surface area contributed by atoms with Gasteiger partial charge in [-0.15, -0.1) is 0 Å². The molecule has 0 saturated carbocycles. The number of hydrogen-bond acceptors (Lipinski definition) is 7. The van der Waals surface area contributed by atoms with Gasteiger partial charge in [-0.2, -0.15) is 10.1 Å². The highest BCUT2D eigenvalue weighted by atomic mass is 16.5. The van der Waals surface area contributed by atoms with E-state index >= 15 is 0 Å². The lowest BCUT2D eigenvalue weighted by atomic mass is 10.1. The Bertz CT molecular complexity index is 754. The molecule has 10 nitrogen and oxygen atoms in total. The molecule has 0 aromatic carbocycles. The van der Waals surface area contributed by atoms with Crippen LogP contribution < -0.4 is 10.6 Å². The number of nitrogens with one attached hydrogen (secondary N) is 2. The summed E-state index contributed by atoms with van der Waals surface area (Å²) in [6.07, 6.45) is 3.48. The smallest absolute Gasteiger partial charge is 0.226 e. The van der Waals surface area contributed by atoms with Gasteiger partial charge >= 0.3 is 0 Å². The van der Waals surface area contributed by atoms with E-state index in [9.17, 15) is 0 Å². The fourth-order valence-corrected chi connectivity index (χ4v) is 3.04. The predicted octanol–water partition coefficient (Wildman–Crippen LogP) is 0.619. The Morgan fingerprint density at radius 1 is 1.41 bits per heavy atom. The van der Waals surface area contributed by atoms with Gasteiger partial charge in [0, 0.05) is 39.1 Å². The molecule has 0 radical (unpaired) electrons. The zero-order valence-corrected chi connectivity index (χ0v) is 16.2. The molecule has 148 valence electrons. The highest BCUT2D eigenvalue weighted by Gasteiger charge is 2.22. The molecule has 2 N–H and O–H groups in total. The van der Waals surface area contributed by atoms with Gasteiger partial charge < -0.3 is 19.9 Å². The third-order valence-electron chi connectivity index (χ3n) is 4.25. The van der Waals surface area contributed by atoms with Crippen LogP contribution in [-0.4, -0.2) is 57.1 Å². The van der Waals surface area contributed by atoms with Gasteiger partial charge in [-0.1, -0.05) is 5.16 Å². The van der Waals surface area contributed by atoms with Crippen LogP contribution in [0.25, 0.3) is 0 Å². The lowest BCUT2D eigenvalue weighted by Crippen LogP contribution is -2.47. The van der Waals surface area contributed by atoms with Crippen LogP contribution in [0.3, 0.4) is 0 Å². The molecule has 0 amide bonds. The number of methoxy groups -OCH3 is 1. The van der Waals surface area contributed by atoms with Gasteiger partial charge in [0.15, 0.2) is 17.6 Å². The first-order chi connectivity index (χ1) is 13.2. The molecular formula is C17H28N8O2. The van der Waals surface area contributed by atoms with Crippen molar-refractivity contribution in [1.29, 1.82) is 0 Å². The number of aliphatic imine (C=N–C) groups is 1. The summed E-state index contributed by atoms with van der Waals surface area (Å²) >= 11 is 0. The summed E-state index contributed by atoms with van der Waals surface area (Å²) in [6, 6.07) is 0.269. The SMILES string of the molecule is CCNC(=NCCCc1nc(C)no1)NC1CCc2nc(COC)nn2C1. The fraction of sp³-hybridized carbons (Fsp3) is 0.706. The molecule has 0 aliphatic carbocycles. The maximum absolute atomic E-state index is 5.13. The molecule has 0 bridgehead atoms. The molecule has 2 aromatic heterocycles. The lowest BCUT2D eigenvalue weighted by molar-refractivity contribution is 0.177. The number of fused-ring (bicyclic) bond motifs is 1. The molecule has 2 aromatic rings. The van der Waals surface area contributed by atoms with Crippen molar-refractivity contribution in [3.8, 4) is 0 Å². The van der Waals surface area contributed by atoms with Crippen molar-refractivity contribution in [1.82, 2.24) is 35.5 Å². The van der Waals surface area contributed by atoms with Gasteiger partial charge in [0.2, 0.25) is 5.89 Å². The van der Waals surface area contributed by atoms with Crippen LogP contribution in [0.15, 0.2) is 9.52 Å². The Kier molecular flexibility index (Phi) is 6.74. The van der Waals surface area contributed by atoms with Crippen molar-refractivity contribution in [2.45, 2.75) is 58.7 Å². The largest absolute Gasteiger partial charge is 0.377 e. The van der Waals surface area contributed by atoms with Crippen LogP contribution in [0.5, 0.6) is 0 Å². The second-order valence-electron chi connectivity index (χ2n) is 6.54. The molecule has 0 spiro atoms. The predicted molar refractivity (Wildman–Crippen MR) is 99.3 cm³/mol. The van der Waals surface area contributed by atoms with Gasteiger partial charge in [-0.3, -0.25) is 4.99 Å². The summed E-state index contributed by atoms with van der Waals surface area (Å²) in [6.45, 7) is 6.61. The van der Waals surface area contributed by atoms with Gasteiger partial charge in [0.05, 0.1) is 6.54 Å². The first-order valence-electron chi connectivity index (χ1n) is 9.43. The molecule has 27 heavy (non-hydrogen) atoms. The minimum atomic E-state index is 0.269. The third kappa shape index (κ3) is 5.49. The zero-order chi connectivity index (χ0) is 19.1. The molecule has 0 saturated heterocycles. The van der Waals surface area contributed by atoms with Crippen LogP contribution in [0.1, 0.15) is 43.1 Å². The Labute approximate surface area is 158 Å². The number of aryl methyl sites for hydroxylation is 3. The molecule has 1 aliphatic heterocycles. The number of guanidine groups is 1. The Morgan fingerprint density at radius 3 is 3.04 bits per heavy atom. The standard InChI is InChI=1S/C17H28N8O2/c1-4-18-17(19-9-5-6-16-20-12(2)24-27-16)21-13-7-8-15-22-14(11-26-3)23-25(15)10-13/h13H,4-11H2,1-3H3,(H2,18,19,21). The van der Waals surface area contributed by atoms with Crippen molar-refractivity contribution in [3.63, 3.8) is 0 Å². The summed E-state index contributed by atoms with van der Waals surface area (Å²) in [5.41, 5.74) is 0. The molecule has 1 unspecified atom stereocenters.